The third kappa shape index (κ3) is 3.74. The SMILES string of the molecule is COC(=O)CCCOC1CC(N)C1. The Kier molecular flexibility index (Phi) is 4.18. The van der Waals surface area contributed by atoms with Gasteiger partial charge in [0, 0.05) is 19.1 Å². The maximum atomic E-state index is 10.7. The molecule has 1 rings (SSSR count). The van der Waals surface area contributed by atoms with Crippen molar-refractivity contribution in [3.8, 4) is 0 Å². The van der Waals surface area contributed by atoms with E-state index >= 15 is 0 Å². The second kappa shape index (κ2) is 5.19. The molecule has 0 amide bonds. The molecule has 0 aromatic carbocycles. The van der Waals surface area contributed by atoms with Crippen LogP contribution >= 0.6 is 0 Å². The number of carbonyl (C=O) groups excluding carboxylic acids is 1. The molecule has 1 saturated carbocycles. The van der Waals surface area contributed by atoms with Gasteiger partial charge in [-0.25, -0.2) is 0 Å². The summed E-state index contributed by atoms with van der Waals surface area (Å²) in [5, 5.41) is 0. The largest absolute Gasteiger partial charge is 0.469 e. The third-order valence-electron chi connectivity index (χ3n) is 2.24. The van der Waals surface area contributed by atoms with Gasteiger partial charge in [0.2, 0.25) is 0 Å². The molecule has 0 radical (unpaired) electrons. The summed E-state index contributed by atoms with van der Waals surface area (Å²) in [6, 6.07) is 0.325. The third-order valence-corrected chi connectivity index (χ3v) is 2.24. The number of carbonyl (C=O) groups is 1. The number of hydrogen-bond donors (Lipinski definition) is 1. The lowest BCUT2D eigenvalue weighted by Gasteiger charge is -2.32. The van der Waals surface area contributed by atoms with Gasteiger partial charge in [0.25, 0.3) is 0 Å². The van der Waals surface area contributed by atoms with Crippen molar-refractivity contribution in [1.82, 2.24) is 0 Å². The molecule has 0 unspecified atom stereocenters. The van der Waals surface area contributed by atoms with Crippen LogP contribution in [-0.2, 0) is 14.3 Å². The van der Waals surface area contributed by atoms with Crippen molar-refractivity contribution in [2.75, 3.05) is 13.7 Å². The normalized spacial score (nSPS) is 26.6. The van der Waals surface area contributed by atoms with E-state index in [0.29, 0.717) is 25.2 Å². The molecule has 2 N–H and O–H groups in total. The Morgan fingerprint density at radius 3 is 2.77 bits per heavy atom. The first-order chi connectivity index (χ1) is 6.22. The lowest BCUT2D eigenvalue weighted by molar-refractivity contribution is -0.141. The quantitative estimate of drug-likeness (QED) is 0.501. The van der Waals surface area contributed by atoms with Gasteiger partial charge in [-0.2, -0.15) is 0 Å². The van der Waals surface area contributed by atoms with Gasteiger partial charge in [0.15, 0.2) is 0 Å². The number of methoxy groups -OCH3 is 1. The van der Waals surface area contributed by atoms with E-state index in [1.54, 1.807) is 0 Å². The zero-order chi connectivity index (χ0) is 9.68. The number of esters is 1. The first kappa shape index (κ1) is 10.5. The summed E-state index contributed by atoms with van der Waals surface area (Å²) in [6.45, 7) is 0.631. The second-order valence-electron chi connectivity index (χ2n) is 3.40. The minimum absolute atomic E-state index is 0.172. The van der Waals surface area contributed by atoms with Crippen LogP contribution in [0.1, 0.15) is 25.7 Å². The summed E-state index contributed by atoms with van der Waals surface area (Å²) in [5.74, 6) is -0.172. The van der Waals surface area contributed by atoms with E-state index in [9.17, 15) is 4.79 Å². The highest BCUT2D eigenvalue weighted by Crippen LogP contribution is 2.21. The van der Waals surface area contributed by atoms with Crippen molar-refractivity contribution in [3.05, 3.63) is 0 Å². The predicted molar refractivity (Wildman–Crippen MR) is 48.2 cm³/mol. The van der Waals surface area contributed by atoms with Gasteiger partial charge in [-0.3, -0.25) is 4.79 Å². The molecule has 4 nitrogen and oxygen atoms in total. The fourth-order valence-electron chi connectivity index (χ4n) is 1.31. The van der Waals surface area contributed by atoms with E-state index in [0.717, 1.165) is 19.3 Å². The predicted octanol–water partition coefficient (Wildman–Crippen LogP) is 0.446. The zero-order valence-electron chi connectivity index (χ0n) is 7.99. The van der Waals surface area contributed by atoms with Crippen LogP contribution in [0, 0.1) is 0 Å². The molecule has 0 aromatic rings. The first-order valence-electron chi connectivity index (χ1n) is 4.66. The van der Waals surface area contributed by atoms with Gasteiger partial charge in [0.05, 0.1) is 13.2 Å². The maximum Gasteiger partial charge on any atom is 0.305 e. The standard InChI is InChI=1S/C9H17NO3/c1-12-9(11)3-2-4-13-8-5-7(10)6-8/h7-8H,2-6,10H2,1H3. The smallest absolute Gasteiger partial charge is 0.305 e. The van der Waals surface area contributed by atoms with E-state index in [4.69, 9.17) is 10.5 Å². The number of rotatable bonds is 5. The molecule has 0 saturated heterocycles. The van der Waals surface area contributed by atoms with Gasteiger partial charge in [-0.05, 0) is 19.3 Å². The van der Waals surface area contributed by atoms with Crippen molar-refractivity contribution >= 4 is 5.97 Å². The van der Waals surface area contributed by atoms with E-state index in [2.05, 4.69) is 4.74 Å². The van der Waals surface area contributed by atoms with E-state index in [1.165, 1.54) is 7.11 Å². The van der Waals surface area contributed by atoms with Gasteiger partial charge in [-0.15, -0.1) is 0 Å². The van der Waals surface area contributed by atoms with Crippen LogP contribution in [0.15, 0.2) is 0 Å². The molecule has 0 spiro atoms. The van der Waals surface area contributed by atoms with Crippen LogP contribution in [-0.4, -0.2) is 31.8 Å². The highest BCUT2D eigenvalue weighted by atomic mass is 16.5. The van der Waals surface area contributed by atoms with E-state index < -0.39 is 0 Å². The summed E-state index contributed by atoms with van der Waals surface area (Å²) >= 11 is 0. The highest BCUT2D eigenvalue weighted by Gasteiger charge is 2.26. The minimum Gasteiger partial charge on any atom is -0.469 e. The first-order valence-corrected chi connectivity index (χ1v) is 4.66. The molecule has 0 aromatic heterocycles. The molecule has 1 fully saturated rings. The summed E-state index contributed by atoms with van der Waals surface area (Å²) in [7, 11) is 1.40. The average Bonchev–Trinajstić information content (AvgIpc) is 2.08. The molecule has 0 aliphatic heterocycles. The zero-order valence-corrected chi connectivity index (χ0v) is 7.99. The summed E-state index contributed by atoms with van der Waals surface area (Å²) in [4.78, 5) is 10.7. The van der Waals surface area contributed by atoms with Crippen molar-refractivity contribution in [1.29, 1.82) is 0 Å². The lowest BCUT2D eigenvalue weighted by atomic mass is 9.90. The monoisotopic (exact) mass is 187 g/mol. The van der Waals surface area contributed by atoms with Crippen molar-refractivity contribution in [2.45, 2.75) is 37.8 Å². The molecular weight excluding hydrogens is 170 g/mol. The highest BCUT2D eigenvalue weighted by molar-refractivity contribution is 5.68. The van der Waals surface area contributed by atoms with Crippen LogP contribution in [0.2, 0.25) is 0 Å². The fraction of sp³-hybridized carbons (Fsp3) is 0.889. The number of nitrogens with two attached hydrogens (primary N) is 1. The molecule has 0 heterocycles. The summed E-state index contributed by atoms with van der Waals surface area (Å²) in [6.07, 6.45) is 3.41. The number of hydrogen-bond acceptors (Lipinski definition) is 4. The molecule has 1 aliphatic carbocycles. The van der Waals surface area contributed by atoms with Crippen LogP contribution in [0.5, 0.6) is 0 Å². The second-order valence-corrected chi connectivity index (χ2v) is 3.40. The molecule has 1 aliphatic rings. The van der Waals surface area contributed by atoms with Gasteiger partial charge >= 0.3 is 5.97 Å². The Labute approximate surface area is 78.4 Å². The Bertz CT molecular complexity index is 166. The van der Waals surface area contributed by atoms with E-state index in [1.807, 2.05) is 0 Å². The number of ether oxygens (including phenoxy) is 2. The Hall–Kier alpha value is -0.610. The van der Waals surface area contributed by atoms with Crippen LogP contribution in [0.25, 0.3) is 0 Å². The topological polar surface area (TPSA) is 61.5 Å². The van der Waals surface area contributed by atoms with Crippen LogP contribution < -0.4 is 5.73 Å². The lowest BCUT2D eigenvalue weighted by Crippen LogP contribution is -2.41. The summed E-state index contributed by atoms with van der Waals surface area (Å²) < 4.78 is 9.96. The Balaban J connectivity index is 1.87. The van der Waals surface area contributed by atoms with Gasteiger partial charge in [0.1, 0.15) is 0 Å². The van der Waals surface area contributed by atoms with Crippen molar-refractivity contribution < 1.29 is 14.3 Å². The molecule has 4 heteroatoms. The fourth-order valence-corrected chi connectivity index (χ4v) is 1.31. The summed E-state index contributed by atoms with van der Waals surface area (Å²) in [5.41, 5.74) is 5.59. The van der Waals surface area contributed by atoms with Crippen LogP contribution in [0.4, 0.5) is 0 Å². The molecule has 76 valence electrons. The van der Waals surface area contributed by atoms with E-state index in [-0.39, 0.29) is 5.97 Å². The maximum absolute atomic E-state index is 10.7. The van der Waals surface area contributed by atoms with Crippen molar-refractivity contribution in [3.63, 3.8) is 0 Å². The average molecular weight is 187 g/mol. The minimum atomic E-state index is -0.172. The molecular formula is C9H17NO3. The van der Waals surface area contributed by atoms with Crippen LogP contribution in [0.3, 0.4) is 0 Å². The Morgan fingerprint density at radius 2 is 2.23 bits per heavy atom. The van der Waals surface area contributed by atoms with Crippen molar-refractivity contribution in [2.24, 2.45) is 5.73 Å². The molecule has 0 bridgehead atoms. The molecule has 0 atom stereocenters. The Morgan fingerprint density at radius 1 is 1.54 bits per heavy atom. The molecule has 13 heavy (non-hydrogen) atoms. The van der Waals surface area contributed by atoms with Gasteiger partial charge < -0.3 is 15.2 Å². The van der Waals surface area contributed by atoms with Gasteiger partial charge in [-0.1, -0.05) is 0 Å².